The predicted octanol–water partition coefficient (Wildman–Crippen LogP) is 1.95. The molecule has 1 aromatic heterocycles. The van der Waals surface area contributed by atoms with Crippen LogP contribution in [0.5, 0.6) is 0 Å². The van der Waals surface area contributed by atoms with Crippen LogP contribution in [0.15, 0.2) is 18.5 Å². The van der Waals surface area contributed by atoms with Crippen molar-refractivity contribution in [1.82, 2.24) is 9.88 Å². The first-order chi connectivity index (χ1) is 6.40. The minimum absolute atomic E-state index is 0.702. The van der Waals surface area contributed by atoms with Gasteiger partial charge in [-0.25, -0.2) is 0 Å². The predicted molar refractivity (Wildman–Crippen MR) is 51.6 cm³/mol. The molecule has 1 aliphatic heterocycles. The zero-order chi connectivity index (χ0) is 8.84. The van der Waals surface area contributed by atoms with Crippen molar-refractivity contribution in [3.63, 3.8) is 0 Å². The molecule has 0 saturated carbocycles. The maximum atomic E-state index is 4.21. The van der Waals surface area contributed by atoms with Crippen molar-refractivity contribution in [2.75, 3.05) is 13.1 Å². The fraction of sp³-hybridized carbons (Fsp3) is 0.545. The van der Waals surface area contributed by atoms with E-state index in [1.807, 2.05) is 6.20 Å². The van der Waals surface area contributed by atoms with Crippen LogP contribution in [0.1, 0.15) is 36.4 Å². The van der Waals surface area contributed by atoms with Gasteiger partial charge in [0.25, 0.3) is 0 Å². The second-order valence-corrected chi connectivity index (χ2v) is 4.04. The highest BCUT2D eigenvalue weighted by molar-refractivity contribution is 5.38. The van der Waals surface area contributed by atoms with E-state index in [1.54, 1.807) is 0 Å². The molecule has 1 saturated heterocycles. The third-order valence-corrected chi connectivity index (χ3v) is 3.50. The van der Waals surface area contributed by atoms with E-state index in [4.69, 9.17) is 0 Å². The lowest BCUT2D eigenvalue weighted by Gasteiger charge is -2.26. The van der Waals surface area contributed by atoms with Crippen molar-refractivity contribution >= 4 is 0 Å². The van der Waals surface area contributed by atoms with Gasteiger partial charge in [0, 0.05) is 30.9 Å². The van der Waals surface area contributed by atoms with Crippen molar-refractivity contribution in [3.8, 4) is 0 Å². The summed E-state index contributed by atoms with van der Waals surface area (Å²) in [5, 5.41) is 0. The Kier molecular flexibility index (Phi) is 1.47. The topological polar surface area (TPSA) is 16.1 Å². The van der Waals surface area contributed by atoms with E-state index in [9.17, 15) is 0 Å². The normalized spacial score (nSPS) is 30.8. The molecule has 0 aromatic carbocycles. The quantitative estimate of drug-likeness (QED) is 0.647. The van der Waals surface area contributed by atoms with Crippen LogP contribution in [-0.4, -0.2) is 23.0 Å². The molecule has 13 heavy (non-hydrogen) atoms. The van der Waals surface area contributed by atoms with Crippen molar-refractivity contribution in [3.05, 3.63) is 29.6 Å². The third kappa shape index (κ3) is 0.894. The lowest BCUT2D eigenvalue weighted by Crippen LogP contribution is -2.27. The molecule has 0 radical (unpaired) electrons. The summed E-state index contributed by atoms with van der Waals surface area (Å²) in [5.74, 6) is 0.772. The van der Waals surface area contributed by atoms with Crippen molar-refractivity contribution < 1.29 is 0 Å². The van der Waals surface area contributed by atoms with Crippen LogP contribution in [0, 0.1) is 0 Å². The Morgan fingerprint density at radius 1 is 1.54 bits per heavy atom. The molecule has 0 amide bonds. The van der Waals surface area contributed by atoms with Crippen molar-refractivity contribution in [2.45, 2.75) is 25.3 Å². The molecule has 0 N–H and O–H groups in total. The molecule has 2 nitrogen and oxygen atoms in total. The summed E-state index contributed by atoms with van der Waals surface area (Å²) in [6.45, 7) is 4.68. The van der Waals surface area contributed by atoms with Crippen LogP contribution in [0.2, 0.25) is 0 Å². The molecule has 2 bridgehead atoms. The first-order valence-electron chi connectivity index (χ1n) is 5.08. The summed E-state index contributed by atoms with van der Waals surface area (Å²) in [6.07, 6.45) is 5.31. The van der Waals surface area contributed by atoms with E-state index < -0.39 is 0 Å². The summed E-state index contributed by atoms with van der Waals surface area (Å²) in [5.41, 5.74) is 3.05. The standard InChI is InChI=1S/C11H14N2/c1-2-13-7-8-5-11(13)9-3-4-12-6-10(8)9/h3-4,6,8,11H,2,5,7H2,1H3/t8-,11-/m0/s1. The van der Waals surface area contributed by atoms with Gasteiger partial charge in [0.15, 0.2) is 0 Å². The molecule has 1 aliphatic carbocycles. The van der Waals surface area contributed by atoms with Gasteiger partial charge in [-0.2, -0.15) is 0 Å². The number of fused-ring (bicyclic) bond motifs is 5. The fourth-order valence-electron chi connectivity index (χ4n) is 2.86. The molecule has 3 rings (SSSR count). The molecule has 0 unspecified atom stereocenters. The molecule has 2 heteroatoms. The lowest BCUT2D eigenvalue weighted by molar-refractivity contribution is 0.262. The number of nitrogens with zero attached hydrogens (tertiary/aromatic N) is 2. The van der Waals surface area contributed by atoms with Crippen molar-refractivity contribution in [1.29, 1.82) is 0 Å². The summed E-state index contributed by atoms with van der Waals surface area (Å²) in [6, 6.07) is 2.90. The monoisotopic (exact) mass is 174 g/mol. The van der Waals surface area contributed by atoms with Gasteiger partial charge in [0.05, 0.1) is 0 Å². The number of likely N-dealkylation sites (tertiary alicyclic amines) is 1. The number of hydrogen-bond acceptors (Lipinski definition) is 2. The lowest BCUT2D eigenvalue weighted by atomic mass is 10.0. The maximum Gasteiger partial charge on any atom is 0.0358 e. The number of likely N-dealkylation sites (N-methyl/N-ethyl adjacent to an activating group) is 1. The Hall–Kier alpha value is -0.890. The molecule has 2 heterocycles. The molecule has 0 spiro atoms. The Bertz CT molecular complexity index is 333. The molecular weight excluding hydrogens is 160 g/mol. The number of pyridine rings is 1. The largest absolute Gasteiger partial charge is 0.296 e. The van der Waals surface area contributed by atoms with Gasteiger partial charge < -0.3 is 0 Å². The van der Waals surface area contributed by atoms with Gasteiger partial charge in [0.2, 0.25) is 0 Å². The Balaban J connectivity index is 2.07. The van der Waals surface area contributed by atoms with Crippen LogP contribution in [-0.2, 0) is 0 Å². The molecular formula is C11H14N2. The van der Waals surface area contributed by atoms with Gasteiger partial charge in [-0.1, -0.05) is 6.92 Å². The van der Waals surface area contributed by atoms with Gasteiger partial charge in [-0.05, 0) is 30.2 Å². The van der Waals surface area contributed by atoms with Gasteiger partial charge in [-0.15, -0.1) is 0 Å². The summed E-state index contributed by atoms with van der Waals surface area (Å²) >= 11 is 0. The first-order valence-corrected chi connectivity index (χ1v) is 5.08. The Labute approximate surface area is 78.6 Å². The van der Waals surface area contributed by atoms with E-state index in [0.29, 0.717) is 6.04 Å². The summed E-state index contributed by atoms with van der Waals surface area (Å²) in [4.78, 5) is 6.78. The van der Waals surface area contributed by atoms with Crippen molar-refractivity contribution in [2.24, 2.45) is 0 Å². The summed E-state index contributed by atoms with van der Waals surface area (Å²) in [7, 11) is 0. The smallest absolute Gasteiger partial charge is 0.0358 e. The number of rotatable bonds is 1. The molecule has 2 atom stereocenters. The average Bonchev–Trinajstić information content (AvgIpc) is 2.75. The first kappa shape index (κ1) is 7.51. The van der Waals surface area contributed by atoms with E-state index >= 15 is 0 Å². The molecule has 68 valence electrons. The van der Waals surface area contributed by atoms with E-state index in [1.165, 1.54) is 30.6 Å². The van der Waals surface area contributed by atoms with Crippen LogP contribution in [0.3, 0.4) is 0 Å². The molecule has 1 fully saturated rings. The second kappa shape index (κ2) is 2.55. The Morgan fingerprint density at radius 3 is 3.31 bits per heavy atom. The minimum Gasteiger partial charge on any atom is -0.296 e. The van der Waals surface area contributed by atoms with Gasteiger partial charge >= 0.3 is 0 Å². The SMILES string of the molecule is CCN1C[C@@H]2C[C@H]1c1ccncc12. The van der Waals surface area contributed by atoms with Gasteiger partial charge in [-0.3, -0.25) is 9.88 Å². The maximum absolute atomic E-state index is 4.21. The highest BCUT2D eigenvalue weighted by Crippen LogP contribution is 2.49. The van der Waals surface area contributed by atoms with Crippen LogP contribution < -0.4 is 0 Å². The highest BCUT2D eigenvalue weighted by Gasteiger charge is 2.41. The minimum atomic E-state index is 0.702. The molecule has 2 aliphatic rings. The van der Waals surface area contributed by atoms with E-state index in [2.05, 4.69) is 29.1 Å². The van der Waals surface area contributed by atoms with Crippen LogP contribution in [0.25, 0.3) is 0 Å². The number of hydrogen-bond donors (Lipinski definition) is 0. The van der Waals surface area contributed by atoms with E-state index in [0.717, 1.165) is 5.92 Å². The number of aromatic nitrogens is 1. The van der Waals surface area contributed by atoms with Gasteiger partial charge in [0.1, 0.15) is 0 Å². The molecule has 1 aromatic rings. The highest BCUT2D eigenvalue weighted by atomic mass is 15.2. The van der Waals surface area contributed by atoms with E-state index in [-0.39, 0.29) is 0 Å². The third-order valence-electron chi connectivity index (χ3n) is 3.50. The summed E-state index contributed by atoms with van der Waals surface area (Å²) < 4.78 is 0. The van der Waals surface area contributed by atoms with Crippen LogP contribution >= 0.6 is 0 Å². The Morgan fingerprint density at radius 2 is 2.46 bits per heavy atom. The fourth-order valence-corrected chi connectivity index (χ4v) is 2.86. The average molecular weight is 174 g/mol. The zero-order valence-corrected chi connectivity index (χ0v) is 7.90. The van der Waals surface area contributed by atoms with Crippen LogP contribution in [0.4, 0.5) is 0 Å². The second-order valence-electron chi connectivity index (χ2n) is 4.04. The zero-order valence-electron chi connectivity index (χ0n) is 7.90.